The van der Waals surface area contributed by atoms with Crippen LogP contribution in [0.3, 0.4) is 0 Å². The number of rotatable bonds is 8. The van der Waals surface area contributed by atoms with Gasteiger partial charge in [-0.1, -0.05) is 48.5 Å². The first kappa shape index (κ1) is 21.4. The second-order valence-corrected chi connectivity index (χ2v) is 5.25. The van der Waals surface area contributed by atoms with E-state index in [0.29, 0.717) is 37.8 Å². The highest BCUT2D eigenvalue weighted by atomic mass is 127. The number of nitrogens with one attached hydrogen (secondary N) is 2. The molecule has 25 heavy (non-hydrogen) atoms. The molecule has 4 nitrogen and oxygen atoms in total. The van der Waals surface area contributed by atoms with Crippen LogP contribution in [0, 0.1) is 5.82 Å². The van der Waals surface area contributed by atoms with Gasteiger partial charge in [0.1, 0.15) is 5.82 Å². The largest absolute Gasteiger partial charge is 0.375 e. The van der Waals surface area contributed by atoms with Gasteiger partial charge < -0.3 is 15.4 Å². The molecule has 136 valence electrons. The summed E-state index contributed by atoms with van der Waals surface area (Å²) in [6.07, 6.45) is 0. The van der Waals surface area contributed by atoms with Crippen LogP contribution in [0.25, 0.3) is 0 Å². The topological polar surface area (TPSA) is 45.7 Å². The first-order valence-electron chi connectivity index (χ1n) is 8.17. The Hall–Kier alpha value is -1.67. The van der Waals surface area contributed by atoms with Gasteiger partial charge in [-0.05, 0) is 18.6 Å². The van der Waals surface area contributed by atoms with Gasteiger partial charge in [0.25, 0.3) is 0 Å². The summed E-state index contributed by atoms with van der Waals surface area (Å²) in [6, 6.07) is 16.7. The van der Waals surface area contributed by atoms with E-state index in [2.05, 4.69) is 15.6 Å². The number of ether oxygens (including phenoxy) is 1. The van der Waals surface area contributed by atoms with Crippen LogP contribution in [0.5, 0.6) is 0 Å². The molecule has 0 aliphatic heterocycles. The van der Waals surface area contributed by atoms with E-state index in [1.807, 2.05) is 43.3 Å². The lowest BCUT2D eigenvalue weighted by molar-refractivity contribution is 0.125. The normalized spacial score (nSPS) is 10.9. The Morgan fingerprint density at radius 2 is 1.76 bits per heavy atom. The highest BCUT2D eigenvalue weighted by Gasteiger charge is 2.01. The van der Waals surface area contributed by atoms with Crippen molar-refractivity contribution in [3.63, 3.8) is 0 Å². The van der Waals surface area contributed by atoms with Crippen molar-refractivity contribution in [1.82, 2.24) is 10.6 Å². The van der Waals surface area contributed by atoms with Crippen LogP contribution in [0.15, 0.2) is 59.6 Å². The number of benzene rings is 2. The molecule has 0 fully saturated rings. The number of hydrogen-bond donors (Lipinski definition) is 2. The Morgan fingerprint density at radius 3 is 2.48 bits per heavy atom. The summed E-state index contributed by atoms with van der Waals surface area (Å²) in [5, 5.41) is 6.33. The van der Waals surface area contributed by atoms with Gasteiger partial charge in [0, 0.05) is 18.7 Å². The van der Waals surface area contributed by atoms with E-state index in [1.54, 1.807) is 12.1 Å². The molecule has 0 atom stereocenters. The predicted octanol–water partition coefficient (Wildman–Crippen LogP) is 3.72. The minimum absolute atomic E-state index is 0. The highest BCUT2D eigenvalue weighted by Crippen LogP contribution is 2.07. The number of hydrogen-bond acceptors (Lipinski definition) is 2. The quantitative estimate of drug-likeness (QED) is 0.275. The number of halogens is 2. The van der Waals surface area contributed by atoms with Crippen LogP contribution in [0.2, 0.25) is 0 Å². The molecule has 6 heteroatoms. The molecule has 0 unspecified atom stereocenters. The van der Waals surface area contributed by atoms with Crippen molar-refractivity contribution in [3.8, 4) is 0 Å². The fourth-order valence-electron chi connectivity index (χ4n) is 2.14. The summed E-state index contributed by atoms with van der Waals surface area (Å²) in [6.45, 7) is 4.83. The van der Waals surface area contributed by atoms with E-state index in [-0.39, 0.29) is 29.8 Å². The van der Waals surface area contributed by atoms with Crippen molar-refractivity contribution in [2.45, 2.75) is 20.1 Å². The second-order valence-electron chi connectivity index (χ2n) is 5.25. The smallest absolute Gasteiger partial charge is 0.191 e. The number of aliphatic imine (C=N–C) groups is 1. The molecule has 0 aromatic heterocycles. The Bertz CT molecular complexity index is 638. The zero-order chi connectivity index (χ0) is 17.0. The van der Waals surface area contributed by atoms with Crippen LogP contribution in [-0.4, -0.2) is 25.7 Å². The fourth-order valence-corrected chi connectivity index (χ4v) is 2.14. The molecule has 0 radical (unpaired) electrons. The van der Waals surface area contributed by atoms with Crippen molar-refractivity contribution in [2.75, 3.05) is 19.7 Å². The predicted molar refractivity (Wildman–Crippen MR) is 111 cm³/mol. The molecule has 0 saturated heterocycles. The molecule has 0 saturated carbocycles. The Morgan fingerprint density at radius 1 is 1.04 bits per heavy atom. The Balaban J connectivity index is 0.00000312. The van der Waals surface area contributed by atoms with E-state index < -0.39 is 0 Å². The summed E-state index contributed by atoms with van der Waals surface area (Å²) in [5.74, 6) is 0.423. The second kappa shape index (κ2) is 12.7. The third kappa shape index (κ3) is 8.31. The van der Waals surface area contributed by atoms with Gasteiger partial charge >= 0.3 is 0 Å². The van der Waals surface area contributed by atoms with E-state index in [0.717, 1.165) is 12.1 Å². The van der Waals surface area contributed by atoms with Gasteiger partial charge in [0.15, 0.2) is 5.96 Å². The molecule has 2 aromatic rings. The summed E-state index contributed by atoms with van der Waals surface area (Å²) < 4.78 is 19.2. The van der Waals surface area contributed by atoms with E-state index in [9.17, 15) is 4.39 Å². The van der Waals surface area contributed by atoms with Gasteiger partial charge in [-0.3, -0.25) is 0 Å². The zero-order valence-electron chi connectivity index (χ0n) is 14.4. The summed E-state index contributed by atoms with van der Waals surface area (Å²) in [5.41, 5.74) is 1.73. The van der Waals surface area contributed by atoms with Gasteiger partial charge in [-0.2, -0.15) is 0 Å². The molecule has 0 amide bonds. The lowest BCUT2D eigenvalue weighted by Crippen LogP contribution is -2.39. The van der Waals surface area contributed by atoms with Crippen molar-refractivity contribution in [2.24, 2.45) is 4.99 Å². The Kier molecular flexibility index (Phi) is 10.8. The van der Waals surface area contributed by atoms with Crippen molar-refractivity contribution < 1.29 is 9.13 Å². The van der Waals surface area contributed by atoms with Crippen molar-refractivity contribution in [3.05, 3.63) is 71.5 Å². The lowest BCUT2D eigenvalue weighted by atomic mass is 10.2. The molecule has 0 aliphatic rings. The maximum absolute atomic E-state index is 13.6. The average Bonchev–Trinajstić information content (AvgIpc) is 2.61. The monoisotopic (exact) mass is 457 g/mol. The number of nitrogens with zero attached hydrogens (tertiary/aromatic N) is 1. The highest BCUT2D eigenvalue weighted by molar-refractivity contribution is 14.0. The van der Waals surface area contributed by atoms with Crippen molar-refractivity contribution >= 4 is 29.9 Å². The molecule has 2 aromatic carbocycles. The number of guanidine groups is 1. The van der Waals surface area contributed by atoms with E-state index in [4.69, 9.17) is 4.74 Å². The van der Waals surface area contributed by atoms with Crippen LogP contribution in [-0.2, 0) is 17.9 Å². The molecule has 0 heterocycles. The Labute approximate surface area is 165 Å². The maximum Gasteiger partial charge on any atom is 0.191 e. The van der Waals surface area contributed by atoms with Crippen LogP contribution < -0.4 is 10.6 Å². The first-order valence-corrected chi connectivity index (χ1v) is 8.17. The van der Waals surface area contributed by atoms with Gasteiger partial charge in [0.2, 0.25) is 0 Å². The fraction of sp³-hybridized carbons (Fsp3) is 0.316. The van der Waals surface area contributed by atoms with Crippen LogP contribution in [0.4, 0.5) is 4.39 Å². The summed E-state index contributed by atoms with van der Waals surface area (Å²) >= 11 is 0. The zero-order valence-corrected chi connectivity index (χ0v) is 16.7. The summed E-state index contributed by atoms with van der Waals surface area (Å²) in [7, 11) is 0. The van der Waals surface area contributed by atoms with Gasteiger partial charge in [-0.15, -0.1) is 24.0 Å². The van der Waals surface area contributed by atoms with Crippen molar-refractivity contribution in [1.29, 1.82) is 0 Å². The molecule has 0 spiro atoms. The van der Waals surface area contributed by atoms with Gasteiger partial charge in [-0.25, -0.2) is 9.38 Å². The van der Waals surface area contributed by atoms with Crippen LogP contribution >= 0.6 is 24.0 Å². The third-order valence-electron chi connectivity index (χ3n) is 3.36. The standard InChI is InChI=1S/C19H24FN3O.HI/c1-2-21-19(23-14-17-10-6-7-11-18(17)20)22-12-13-24-15-16-8-4-3-5-9-16;/h3-11H,2,12-15H2,1H3,(H2,21,22,23);1H. The molecule has 2 N–H and O–H groups in total. The molecule has 0 bridgehead atoms. The SMILES string of the molecule is CCNC(=NCc1ccccc1F)NCCOCc1ccccc1.I. The minimum Gasteiger partial charge on any atom is -0.375 e. The average molecular weight is 457 g/mol. The van der Waals surface area contributed by atoms with E-state index in [1.165, 1.54) is 6.07 Å². The molecule has 2 rings (SSSR count). The third-order valence-corrected chi connectivity index (χ3v) is 3.36. The lowest BCUT2D eigenvalue weighted by Gasteiger charge is -2.11. The molecular formula is C19H25FIN3O. The van der Waals surface area contributed by atoms with E-state index >= 15 is 0 Å². The maximum atomic E-state index is 13.6. The molecule has 0 aliphatic carbocycles. The summed E-state index contributed by atoms with van der Waals surface area (Å²) in [4.78, 5) is 4.40. The minimum atomic E-state index is -0.233. The van der Waals surface area contributed by atoms with Gasteiger partial charge in [0.05, 0.1) is 19.8 Å². The van der Waals surface area contributed by atoms with Crippen LogP contribution in [0.1, 0.15) is 18.1 Å². The molecular weight excluding hydrogens is 432 g/mol. The first-order chi connectivity index (χ1) is 11.8.